The summed E-state index contributed by atoms with van der Waals surface area (Å²) < 4.78 is 11.8. The van der Waals surface area contributed by atoms with Gasteiger partial charge in [-0.25, -0.2) is 0 Å². The number of ether oxygens (including phenoxy) is 2. The van der Waals surface area contributed by atoms with Crippen LogP contribution >= 0.6 is 0 Å². The van der Waals surface area contributed by atoms with Crippen LogP contribution in [-0.2, 0) is 14.3 Å². The van der Waals surface area contributed by atoms with E-state index in [0.717, 1.165) is 31.1 Å². The van der Waals surface area contributed by atoms with E-state index in [1.807, 2.05) is 0 Å². The van der Waals surface area contributed by atoms with E-state index < -0.39 is 5.79 Å². The van der Waals surface area contributed by atoms with E-state index in [4.69, 9.17) is 9.47 Å². The third kappa shape index (κ3) is 1.42. The van der Waals surface area contributed by atoms with Crippen molar-refractivity contribution < 1.29 is 19.4 Å². The second-order valence-electron chi connectivity index (χ2n) is 5.50. The van der Waals surface area contributed by atoms with Gasteiger partial charge in [0.2, 0.25) is 0 Å². The van der Waals surface area contributed by atoms with Crippen LogP contribution in [-0.4, -0.2) is 29.9 Å². The fourth-order valence-electron chi connectivity index (χ4n) is 3.53. The molecule has 1 spiro atoms. The lowest BCUT2D eigenvalue weighted by atomic mass is 9.61. The first-order valence-corrected chi connectivity index (χ1v) is 6.48. The van der Waals surface area contributed by atoms with E-state index in [1.165, 1.54) is 0 Å². The smallest absolute Gasteiger partial charge is 0.184 e. The Morgan fingerprint density at radius 3 is 2.78 bits per heavy atom. The predicted octanol–water partition coefficient (Wildman–Crippen LogP) is 2.26. The normalized spacial score (nSPS) is 36.8. The number of aliphatic hydroxyl groups excluding tert-OH is 1. The number of carbonyl (C=O) groups excluding carboxylic acids is 1. The molecule has 0 aromatic heterocycles. The molecule has 3 aliphatic rings. The Bertz CT molecular complexity index is 443. The Kier molecular flexibility index (Phi) is 2.61. The molecular weight excluding hydrogens is 232 g/mol. The lowest BCUT2D eigenvalue weighted by Crippen LogP contribution is -2.53. The summed E-state index contributed by atoms with van der Waals surface area (Å²) in [5.74, 6) is -0.688. The summed E-state index contributed by atoms with van der Waals surface area (Å²) in [5.41, 5.74) is 1.22. The number of ketones is 1. The number of hydrogen-bond donors (Lipinski definition) is 1. The van der Waals surface area contributed by atoms with Crippen LogP contribution in [0, 0.1) is 5.41 Å². The van der Waals surface area contributed by atoms with Crippen molar-refractivity contribution in [2.24, 2.45) is 5.41 Å². The molecule has 1 saturated carbocycles. The topological polar surface area (TPSA) is 55.8 Å². The molecule has 4 nitrogen and oxygen atoms in total. The Hall–Kier alpha value is -1.13. The van der Waals surface area contributed by atoms with Crippen LogP contribution in [0.4, 0.5) is 0 Å². The molecule has 0 bridgehead atoms. The summed E-state index contributed by atoms with van der Waals surface area (Å²) in [6, 6.07) is 0. The fraction of sp³-hybridized carbons (Fsp3) is 0.643. The van der Waals surface area contributed by atoms with Gasteiger partial charge in [-0.05, 0) is 25.3 Å². The van der Waals surface area contributed by atoms with Crippen molar-refractivity contribution >= 4 is 5.78 Å². The van der Waals surface area contributed by atoms with Crippen molar-refractivity contribution in [3.63, 3.8) is 0 Å². The highest BCUT2D eigenvalue weighted by atomic mass is 16.7. The number of fused-ring (bicyclic) bond motifs is 2. The SMILES string of the molecule is CC12CC(=CO)C(=O)C=C1CCCC21OCCO1. The lowest BCUT2D eigenvalue weighted by Gasteiger charge is -2.51. The first-order chi connectivity index (χ1) is 8.61. The van der Waals surface area contributed by atoms with E-state index >= 15 is 0 Å². The van der Waals surface area contributed by atoms with Crippen LogP contribution in [0.1, 0.15) is 32.6 Å². The largest absolute Gasteiger partial charge is 0.515 e. The van der Waals surface area contributed by atoms with Gasteiger partial charge in [-0.3, -0.25) is 4.79 Å². The second kappa shape index (κ2) is 3.93. The first kappa shape index (κ1) is 11.9. The molecule has 0 radical (unpaired) electrons. The summed E-state index contributed by atoms with van der Waals surface area (Å²) in [6.45, 7) is 3.29. The molecule has 18 heavy (non-hydrogen) atoms. The van der Waals surface area contributed by atoms with Crippen molar-refractivity contribution in [1.82, 2.24) is 0 Å². The van der Waals surface area contributed by atoms with Crippen LogP contribution in [0.15, 0.2) is 23.5 Å². The van der Waals surface area contributed by atoms with Crippen molar-refractivity contribution in [2.45, 2.75) is 38.4 Å². The maximum atomic E-state index is 11.8. The summed E-state index contributed by atoms with van der Waals surface area (Å²) in [5, 5.41) is 9.20. The quantitative estimate of drug-likeness (QED) is 0.529. The lowest BCUT2D eigenvalue weighted by molar-refractivity contribution is -0.234. The molecule has 2 fully saturated rings. The molecule has 1 heterocycles. The van der Waals surface area contributed by atoms with E-state index in [9.17, 15) is 9.90 Å². The highest BCUT2D eigenvalue weighted by molar-refractivity contribution is 6.05. The molecule has 1 unspecified atom stereocenters. The molecule has 0 aromatic carbocycles. The number of aliphatic hydroxyl groups is 1. The van der Waals surface area contributed by atoms with Gasteiger partial charge < -0.3 is 14.6 Å². The minimum atomic E-state index is -0.605. The molecule has 1 N–H and O–H groups in total. The second-order valence-corrected chi connectivity index (χ2v) is 5.50. The van der Waals surface area contributed by atoms with Crippen molar-refractivity contribution in [3.05, 3.63) is 23.5 Å². The zero-order chi connectivity index (χ0) is 12.8. The highest BCUT2D eigenvalue weighted by Crippen LogP contribution is 2.56. The Morgan fingerprint density at radius 1 is 1.39 bits per heavy atom. The predicted molar refractivity (Wildman–Crippen MR) is 65.0 cm³/mol. The number of hydrogen-bond acceptors (Lipinski definition) is 4. The molecule has 0 amide bonds. The maximum Gasteiger partial charge on any atom is 0.184 e. The molecule has 1 aliphatic heterocycles. The molecule has 3 rings (SSSR count). The van der Waals surface area contributed by atoms with Crippen LogP contribution in [0.25, 0.3) is 0 Å². The van der Waals surface area contributed by atoms with E-state index in [-0.39, 0.29) is 11.2 Å². The van der Waals surface area contributed by atoms with Gasteiger partial charge in [0.1, 0.15) is 0 Å². The zero-order valence-corrected chi connectivity index (χ0v) is 10.6. The van der Waals surface area contributed by atoms with Gasteiger partial charge in [0.05, 0.1) is 19.5 Å². The van der Waals surface area contributed by atoms with E-state index in [1.54, 1.807) is 6.08 Å². The minimum Gasteiger partial charge on any atom is -0.515 e. The Morgan fingerprint density at radius 2 is 2.11 bits per heavy atom. The van der Waals surface area contributed by atoms with Crippen molar-refractivity contribution in [1.29, 1.82) is 0 Å². The fourth-order valence-corrected chi connectivity index (χ4v) is 3.53. The van der Waals surface area contributed by atoms with Gasteiger partial charge in [-0.15, -0.1) is 0 Å². The molecule has 0 aromatic rings. The Labute approximate surface area is 106 Å². The van der Waals surface area contributed by atoms with Crippen LogP contribution in [0.2, 0.25) is 0 Å². The van der Waals surface area contributed by atoms with Gasteiger partial charge in [0.15, 0.2) is 11.6 Å². The summed E-state index contributed by atoms with van der Waals surface area (Å²) in [7, 11) is 0. The third-order valence-corrected chi connectivity index (χ3v) is 4.58. The number of allylic oxidation sites excluding steroid dienone is 2. The standard InChI is InChI=1S/C14H18O4/c1-13-8-10(9-15)12(16)7-11(13)3-2-4-14(13)17-5-6-18-14/h7,9,15H,2-6,8H2,1H3. The van der Waals surface area contributed by atoms with Crippen LogP contribution in [0.5, 0.6) is 0 Å². The van der Waals surface area contributed by atoms with Gasteiger partial charge in [-0.1, -0.05) is 12.5 Å². The van der Waals surface area contributed by atoms with Crippen LogP contribution < -0.4 is 0 Å². The van der Waals surface area contributed by atoms with E-state index in [2.05, 4.69) is 6.92 Å². The average molecular weight is 250 g/mol. The maximum absolute atomic E-state index is 11.8. The molecule has 4 heteroatoms. The molecule has 1 atom stereocenters. The Balaban J connectivity index is 2.08. The monoisotopic (exact) mass is 250 g/mol. The zero-order valence-electron chi connectivity index (χ0n) is 10.6. The molecule has 98 valence electrons. The number of rotatable bonds is 0. The summed E-state index contributed by atoms with van der Waals surface area (Å²) in [6.07, 6.45) is 5.83. The van der Waals surface area contributed by atoms with Crippen molar-refractivity contribution in [3.8, 4) is 0 Å². The van der Waals surface area contributed by atoms with Gasteiger partial charge >= 0.3 is 0 Å². The molecule has 2 aliphatic carbocycles. The minimum absolute atomic E-state index is 0.0833. The third-order valence-electron chi connectivity index (χ3n) is 4.58. The highest BCUT2D eigenvalue weighted by Gasteiger charge is 2.58. The summed E-state index contributed by atoms with van der Waals surface area (Å²) in [4.78, 5) is 11.8. The first-order valence-electron chi connectivity index (χ1n) is 6.48. The van der Waals surface area contributed by atoms with Gasteiger partial charge in [-0.2, -0.15) is 0 Å². The molecule has 1 saturated heterocycles. The van der Waals surface area contributed by atoms with Crippen LogP contribution in [0.3, 0.4) is 0 Å². The number of carbonyl (C=O) groups is 1. The van der Waals surface area contributed by atoms with Gasteiger partial charge in [0, 0.05) is 17.4 Å². The van der Waals surface area contributed by atoms with Gasteiger partial charge in [0.25, 0.3) is 0 Å². The molecular formula is C14H18O4. The average Bonchev–Trinajstić information content (AvgIpc) is 2.82. The van der Waals surface area contributed by atoms with Crippen molar-refractivity contribution in [2.75, 3.05) is 13.2 Å². The summed E-state index contributed by atoms with van der Waals surface area (Å²) >= 11 is 0. The van der Waals surface area contributed by atoms with E-state index in [0.29, 0.717) is 25.2 Å².